The summed E-state index contributed by atoms with van der Waals surface area (Å²) in [7, 11) is 0. The largest absolute Gasteiger partial charge is 0.393 e. The van der Waals surface area contributed by atoms with Crippen molar-refractivity contribution in [2.24, 2.45) is 5.92 Å². The summed E-state index contributed by atoms with van der Waals surface area (Å²) >= 11 is 0. The van der Waals surface area contributed by atoms with Crippen LogP contribution in [0.15, 0.2) is 6.33 Å². The van der Waals surface area contributed by atoms with Gasteiger partial charge >= 0.3 is 0 Å². The lowest BCUT2D eigenvalue weighted by atomic mass is 10.0. The molecule has 3 heterocycles. The molecule has 1 atom stereocenters. The van der Waals surface area contributed by atoms with Gasteiger partial charge in [-0.2, -0.15) is 0 Å². The zero-order valence-corrected chi connectivity index (χ0v) is 14.0. The lowest BCUT2D eigenvalue weighted by Crippen LogP contribution is -2.39. The van der Waals surface area contributed by atoms with Crippen LogP contribution in [-0.4, -0.2) is 67.4 Å². The predicted molar refractivity (Wildman–Crippen MR) is 92.8 cm³/mol. The van der Waals surface area contributed by atoms with Gasteiger partial charge in [0.05, 0.1) is 13.2 Å². The van der Waals surface area contributed by atoms with Gasteiger partial charge < -0.3 is 20.7 Å². The lowest BCUT2D eigenvalue weighted by molar-refractivity contribution is 0.0398. The van der Waals surface area contributed by atoms with E-state index < -0.39 is 0 Å². The first-order valence-corrected chi connectivity index (χ1v) is 8.63. The van der Waals surface area contributed by atoms with Crippen LogP contribution >= 0.6 is 0 Å². The van der Waals surface area contributed by atoms with Crippen molar-refractivity contribution in [2.75, 3.05) is 68.4 Å². The second-order valence-corrected chi connectivity index (χ2v) is 6.53. The number of morpholine rings is 1. The summed E-state index contributed by atoms with van der Waals surface area (Å²) in [6.45, 7) is 9.79. The molecule has 23 heavy (non-hydrogen) atoms. The van der Waals surface area contributed by atoms with E-state index in [0.717, 1.165) is 64.1 Å². The summed E-state index contributed by atoms with van der Waals surface area (Å²) in [6.07, 6.45) is 4.10. The molecule has 2 fully saturated rings. The Morgan fingerprint density at radius 1 is 1.30 bits per heavy atom. The number of hydrogen-bond donors (Lipinski definition) is 2. The van der Waals surface area contributed by atoms with Crippen molar-refractivity contribution in [1.82, 2.24) is 14.9 Å². The first-order chi connectivity index (χ1) is 11.2. The molecule has 1 aromatic heterocycles. The maximum absolute atomic E-state index is 6.32. The van der Waals surface area contributed by atoms with E-state index in [4.69, 9.17) is 10.5 Å². The van der Waals surface area contributed by atoms with Gasteiger partial charge in [-0.05, 0) is 18.8 Å². The van der Waals surface area contributed by atoms with Crippen molar-refractivity contribution < 1.29 is 4.74 Å². The number of nitrogens with two attached hydrogens (primary N) is 1. The molecule has 1 aromatic rings. The van der Waals surface area contributed by atoms with Gasteiger partial charge in [-0.15, -0.1) is 0 Å². The van der Waals surface area contributed by atoms with Crippen LogP contribution < -0.4 is 16.0 Å². The van der Waals surface area contributed by atoms with E-state index in [1.54, 1.807) is 6.33 Å². The van der Waals surface area contributed by atoms with Crippen molar-refractivity contribution in [3.63, 3.8) is 0 Å². The van der Waals surface area contributed by atoms with E-state index in [9.17, 15) is 0 Å². The number of ether oxygens (including phenoxy) is 1. The molecule has 7 nitrogen and oxygen atoms in total. The van der Waals surface area contributed by atoms with Crippen LogP contribution in [0.5, 0.6) is 0 Å². The summed E-state index contributed by atoms with van der Waals surface area (Å²) in [4.78, 5) is 13.4. The van der Waals surface area contributed by atoms with Crippen LogP contribution in [0.3, 0.4) is 0 Å². The molecule has 0 spiro atoms. The Morgan fingerprint density at radius 2 is 2.13 bits per heavy atom. The van der Waals surface area contributed by atoms with E-state index in [1.165, 1.54) is 12.8 Å². The molecule has 2 saturated heterocycles. The number of aromatic nitrogens is 2. The third-order valence-corrected chi connectivity index (χ3v) is 4.64. The maximum atomic E-state index is 6.32. The monoisotopic (exact) mass is 320 g/mol. The average Bonchev–Trinajstić information content (AvgIpc) is 2.57. The molecule has 7 heteroatoms. The number of piperidine rings is 1. The molecule has 3 rings (SSSR count). The Hall–Kier alpha value is -1.60. The molecule has 2 aliphatic rings. The first kappa shape index (κ1) is 16.3. The van der Waals surface area contributed by atoms with Crippen LogP contribution in [0.25, 0.3) is 0 Å². The van der Waals surface area contributed by atoms with Gasteiger partial charge in [-0.3, -0.25) is 4.90 Å². The normalized spacial score (nSPS) is 23.0. The van der Waals surface area contributed by atoms with Gasteiger partial charge in [0.25, 0.3) is 0 Å². The van der Waals surface area contributed by atoms with Crippen molar-refractivity contribution in [1.29, 1.82) is 0 Å². The molecule has 3 N–H and O–H groups in total. The number of rotatable bonds is 5. The van der Waals surface area contributed by atoms with E-state index in [2.05, 4.69) is 32.0 Å². The van der Waals surface area contributed by atoms with Gasteiger partial charge in [0.1, 0.15) is 12.0 Å². The van der Waals surface area contributed by atoms with Crippen LogP contribution in [0.1, 0.15) is 19.8 Å². The minimum atomic E-state index is 0.670. The molecule has 2 aliphatic heterocycles. The number of nitrogens with zero attached hydrogens (tertiary/aromatic N) is 4. The van der Waals surface area contributed by atoms with E-state index in [-0.39, 0.29) is 0 Å². The van der Waals surface area contributed by atoms with E-state index in [1.807, 2.05) is 0 Å². The molecule has 0 radical (unpaired) electrons. The third-order valence-electron chi connectivity index (χ3n) is 4.64. The third kappa shape index (κ3) is 4.23. The second kappa shape index (κ2) is 7.79. The second-order valence-electron chi connectivity index (χ2n) is 6.53. The highest BCUT2D eigenvalue weighted by atomic mass is 16.5. The van der Waals surface area contributed by atoms with Crippen molar-refractivity contribution >= 4 is 17.3 Å². The van der Waals surface area contributed by atoms with Crippen molar-refractivity contribution in [3.8, 4) is 0 Å². The fraction of sp³-hybridized carbons (Fsp3) is 0.750. The number of nitrogen functional groups attached to an aromatic ring is 1. The smallest absolute Gasteiger partial charge is 0.157 e. The van der Waals surface area contributed by atoms with Crippen LogP contribution in [-0.2, 0) is 4.74 Å². The standard InChI is InChI=1S/C16H28N6O/c1-13-3-2-5-22(11-13)16-14(17)15(19-12-20-16)18-4-6-21-7-9-23-10-8-21/h12-13H,2-11,17H2,1H3,(H,18,19,20). The molecule has 128 valence electrons. The van der Waals surface area contributed by atoms with Crippen LogP contribution in [0, 0.1) is 5.92 Å². The maximum Gasteiger partial charge on any atom is 0.157 e. The zero-order valence-electron chi connectivity index (χ0n) is 14.0. The van der Waals surface area contributed by atoms with Gasteiger partial charge in [0.15, 0.2) is 11.6 Å². The molecule has 0 aromatic carbocycles. The summed E-state index contributed by atoms with van der Waals surface area (Å²) < 4.78 is 5.37. The molecule has 0 bridgehead atoms. The van der Waals surface area contributed by atoms with Crippen molar-refractivity contribution in [2.45, 2.75) is 19.8 Å². The number of nitrogens with one attached hydrogen (secondary N) is 1. The fourth-order valence-electron chi connectivity index (χ4n) is 3.32. The summed E-state index contributed by atoms with van der Waals surface area (Å²) in [5, 5.41) is 3.37. The first-order valence-electron chi connectivity index (χ1n) is 8.63. The van der Waals surface area contributed by atoms with Crippen LogP contribution in [0.4, 0.5) is 17.3 Å². The Bertz CT molecular complexity index is 505. The molecule has 0 amide bonds. The van der Waals surface area contributed by atoms with Gasteiger partial charge in [-0.25, -0.2) is 9.97 Å². The van der Waals surface area contributed by atoms with Crippen LogP contribution in [0.2, 0.25) is 0 Å². The predicted octanol–water partition coefficient (Wildman–Crippen LogP) is 1.04. The Balaban J connectivity index is 1.58. The minimum Gasteiger partial charge on any atom is -0.393 e. The molecule has 0 aliphatic carbocycles. The summed E-state index contributed by atoms with van der Waals surface area (Å²) in [5.74, 6) is 2.32. The highest BCUT2D eigenvalue weighted by molar-refractivity contribution is 5.74. The quantitative estimate of drug-likeness (QED) is 0.839. The lowest BCUT2D eigenvalue weighted by Gasteiger charge is -2.32. The highest BCUT2D eigenvalue weighted by Crippen LogP contribution is 2.29. The van der Waals surface area contributed by atoms with Gasteiger partial charge in [0, 0.05) is 39.3 Å². The fourth-order valence-corrected chi connectivity index (χ4v) is 3.32. The highest BCUT2D eigenvalue weighted by Gasteiger charge is 2.21. The topological polar surface area (TPSA) is 79.5 Å². The average molecular weight is 320 g/mol. The minimum absolute atomic E-state index is 0.670. The summed E-state index contributed by atoms with van der Waals surface area (Å²) in [6, 6.07) is 0. The van der Waals surface area contributed by atoms with Gasteiger partial charge in [0.2, 0.25) is 0 Å². The zero-order chi connectivity index (χ0) is 16.1. The Kier molecular flexibility index (Phi) is 5.51. The SMILES string of the molecule is CC1CCCN(c2ncnc(NCCN3CCOCC3)c2N)C1. The number of hydrogen-bond acceptors (Lipinski definition) is 7. The Labute approximate surface area is 138 Å². The van der Waals surface area contributed by atoms with Gasteiger partial charge in [-0.1, -0.05) is 6.92 Å². The molecular formula is C16H28N6O. The number of anilines is 3. The van der Waals surface area contributed by atoms with Crippen molar-refractivity contribution in [3.05, 3.63) is 6.33 Å². The molecule has 1 unspecified atom stereocenters. The summed E-state index contributed by atoms with van der Waals surface area (Å²) in [5.41, 5.74) is 6.99. The van der Waals surface area contributed by atoms with E-state index >= 15 is 0 Å². The molecular weight excluding hydrogens is 292 g/mol. The van der Waals surface area contributed by atoms with E-state index in [0.29, 0.717) is 11.6 Å². The molecule has 0 saturated carbocycles. The Morgan fingerprint density at radius 3 is 2.91 bits per heavy atom.